The molecule has 0 aliphatic carbocycles. The normalized spacial score (nSPS) is 10.9. The van der Waals surface area contributed by atoms with Crippen LogP contribution in [0.4, 0.5) is 0 Å². The van der Waals surface area contributed by atoms with Crippen LogP contribution in [0.1, 0.15) is 71.1 Å². The highest BCUT2D eigenvalue weighted by molar-refractivity contribution is 5.81. The number of allylic oxidation sites excluding steroid dienone is 1. The van der Waals surface area contributed by atoms with Gasteiger partial charge in [0.2, 0.25) is 0 Å². The Bertz CT molecular complexity index is 197. The minimum atomic E-state index is -0.249. The van der Waals surface area contributed by atoms with Crippen LogP contribution in [0.15, 0.2) is 12.2 Å². The Kier molecular flexibility index (Phi) is 12.7. The van der Waals surface area contributed by atoms with Gasteiger partial charge in [0.1, 0.15) is 0 Å². The van der Waals surface area contributed by atoms with Crippen LogP contribution < -0.4 is 0 Å². The summed E-state index contributed by atoms with van der Waals surface area (Å²) in [5, 5.41) is 0. The molecule has 2 heteroatoms. The third kappa shape index (κ3) is 13.1. The second-order valence-corrected chi connectivity index (χ2v) is 4.54. The van der Waals surface area contributed by atoms with Crippen molar-refractivity contribution in [1.82, 2.24) is 0 Å². The Morgan fingerprint density at radius 2 is 1.47 bits per heavy atom. The first-order chi connectivity index (χ1) is 8.31. The van der Waals surface area contributed by atoms with E-state index in [9.17, 15) is 4.79 Å². The molecule has 17 heavy (non-hydrogen) atoms. The van der Waals surface area contributed by atoms with Crippen molar-refractivity contribution in [2.24, 2.45) is 0 Å². The summed E-state index contributed by atoms with van der Waals surface area (Å²) in [6, 6.07) is 0. The van der Waals surface area contributed by atoms with Crippen molar-refractivity contribution in [1.29, 1.82) is 0 Å². The second-order valence-electron chi connectivity index (χ2n) is 4.54. The lowest BCUT2D eigenvalue weighted by Crippen LogP contribution is -1.93. The smallest absolute Gasteiger partial charge is 0.330 e. The molecule has 0 aromatic rings. The molecule has 0 spiro atoms. The van der Waals surface area contributed by atoms with Crippen molar-refractivity contribution in [3.8, 4) is 0 Å². The van der Waals surface area contributed by atoms with Crippen molar-refractivity contribution in [3.63, 3.8) is 0 Å². The van der Waals surface area contributed by atoms with Crippen molar-refractivity contribution < 1.29 is 9.53 Å². The molecule has 0 bridgehead atoms. The Labute approximate surface area is 106 Å². The van der Waals surface area contributed by atoms with E-state index in [1.165, 1.54) is 71.0 Å². The van der Waals surface area contributed by atoms with Gasteiger partial charge in [-0.2, -0.15) is 0 Å². The largest absolute Gasteiger partial charge is 0.466 e. The van der Waals surface area contributed by atoms with Gasteiger partial charge < -0.3 is 4.74 Å². The minimum absolute atomic E-state index is 0.249. The van der Waals surface area contributed by atoms with E-state index in [2.05, 4.69) is 11.7 Å². The number of rotatable bonds is 11. The third-order valence-electron chi connectivity index (χ3n) is 2.93. The van der Waals surface area contributed by atoms with Crippen LogP contribution in [-0.4, -0.2) is 13.1 Å². The van der Waals surface area contributed by atoms with Gasteiger partial charge in [0, 0.05) is 6.08 Å². The summed E-state index contributed by atoms with van der Waals surface area (Å²) >= 11 is 0. The lowest BCUT2D eigenvalue weighted by molar-refractivity contribution is -0.134. The number of hydrogen-bond donors (Lipinski definition) is 0. The van der Waals surface area contributed by atoms with Gasteiger partial charge in [0.25, 0.3) is 0 Å². The number of hydrogen-bond acceptors (Lipinski definition) is 2. The van der Waals surface area contributed by atoms with Crippen LogP contribution in [0.5, 0.6) is 0 Å². The molecule has 0 saturated heterocycles. The molecule has 0 amide bonds. The summed E-state index contributed by atoms with van der Waals surface area (Å²) in [6.45, 7) is 2.25. The number of ether oxygens (including phenoxy) is 1. The standard InChI is InChI=1S/C15H28O2/c1-3-4-5-6-7-8-9-10-11-12-13-14-15(16)17-2/h13-14H,3-12H2,1-2H3/b14-13+. The molecular weight excluding hydrogens is 212 g/mol. The maximum atomic E-state index is 10.8. The molecule has 0 unspecified atom stereocenters. The van der Waals surface area contributed by atoms with Crippen LogP contribution in [0.2, 0.25) is 0 Å². The highest BCUT2D eigenvalue weighted by atomic mass is 16.5. The first-order valence-corrected chi connectivity index (χ1v) is 7.05. The number of carbonyl (C=O) groups is 1. The van der Waals surface area contributed by atoms with E-state index in [0.29, 0.717) is 0 Å². The quantitative estimate of drug-likeness (QED) is 0.299. The molecule has 0 aromatic carbocycles. The number of carbonyl (C=O) groups excluding carboxylic acids is 1. The maximum absolute atomic E-state index is 10.8. The van der Waals surface area contributed by atoms with Gasteiger partial charge in [-0.15, -0.1) is 0 Å². The summed E-state index contributed by atoms with van der Waals surface area (Å²) in [7, 11) is 1.41. The highest BCUT2D eigenvalue weighted by Crippen LogP contribution is 2.10. The summed E-state index contributed by atoms with van der Waals surface area (Å²) in [4.78, 5) is 10.8. The molecule has 0 atom stereocenters. The molecule has 0 aliphatic heterocycles. The minimum Gasteiger partial charge on any atom is -0.466 e. The monoisotopic (exact) mass is 240 g/mol. The maximum Gasteiger partial charge on any atom is 0.330 e. The number of methoxy groups -OCH3 is 1. The topological polar surface area (TPSA) is 26.3 Å². The van der Waals surface area contributed by atoms with E-state index in [0.717, 1.165) is 6.42 Å². The zero-order valence-corrected chi connectivity index (χ0v) is 11.5. The van der Waals surface area contributed by atoms with Crippen molar-refractivity contribution >= 4 is 5.97 Å². The van der Waals surface area contributed by atoms with Crippen molar-refractivity contribution in [2.75, 3.05) is 7.11 Å². The van der Waals surface area contributed by atoms with Gasteiger partial charge in [-0.05, 0) is 12.8 Å². The summed E-state index contributed by atoms with van der Waals surface area (Å²) < 4.78 is 4.52. The molecule has 0 N–H and O–H groups in total. The highest BCUT2D eigenvalue weighted by Gasteiger charge is 1.92. The zero-order chi connectivity index (χ0) is 12.8. The van der Waals surface area contributed by atoms with E-state index >= 15 is 0 Å². The van der Waals surface area contributed by atoms with E-state index < -0.39 is 0 Å². The molecular formula is C15H28O2. The molecule has 2 nitrogen and oxygen atoms in total. The van der Waals surface area contributed by atoms with Crippen molar-refractivity contribution in [3.05, 3.63) is 12.2 Å². The molecule has 0 aliphatic rings. The molecule has 100 valence electrons. The first-order valence-electron chi connectivity index (χ1n) is 7.05. The Hall–Kier alpha value is -0.790. The first kappa shape index (κ1) is 16.2. The van der Waals surface area contributed by atoms with Crippen LogP contribution in [0, 0.1) is 0 Å². The van der Waals surface area contributed by atoms with Crippen molar-refractivity contribution in [2.45, 2.75) is 71.1 Å². The van der Waals surface area contributed by atoms with Gasteiger partial charge in [-0.25, -0.2) is 4.79 Å². The average molecular weight is 240 g/mol. The van der Waals surface area contributed by atoms with Gasteiger partial charge >= 0.3 is 5.97 Å². The lowest BCUT2D eigenvalue weighted by Gasteiger charge is -2.00. The van der Waals surface area contributed by atoms with E-state index in [4.69, 9.17) is 0 Å². The van der Waals surface area contributed by atoms with E-state index in [-0.39, 0.29) is 5.97 Å². The molecule has 0 rings (SSSR count). The fraction of sp³-hybridized carbons (Fsp3) is 0.800. The summed E-state index contributed by atoms with van der Waals surface area (Å²) in [5.41, 5.74) is 0. The number of unbranched alkanes of at least 4 members (excludes halogenated alkanes) is 9. The van der Waals surface area contributed by atoms with Gasteiger partial charge in [0.15, 0.2) is 0 Å². The van der Waals surface area contributed by atoms with Gasteiger partial charge in [-0.1, -0.05) is 64.4 Å². The predicted octanol–water partition coefficient (Wildman–Crippen LogP) is 4.64. The summed E-state index contributed by atoms with van der Waals surface area (Å²) in [6.07, 6.45) is 16.5. The van der Waals surface area contributed by atoms with Gasteiger partial charge in [-0.3, -0.25) is 0 Å². The van der Waals surface area contributed by atoms with E-state index in [1.54, 1.807) is 0 Å². The Morgan fingerprint density at radius 3 is 2.00 bits per heavy atom. The molecule has 0 aromatic heterocycles. The molecule has 0 fully saturated rings. The molecule has 0 heterocycles. The zero-order valence-electron chi connectivity index (χ0n) is 11.5. The van der Waals surface area contributed by atoms with Crippen LogP contribution in [0.3, 0.4) is 0 Å². The van der Waals surface area contributed by atoms with Crippen LogP contribution >= 0.6 is 0 Å². The SMILES string of the molecule is CCCCCCCCCCC/C=C/C(=O)OC. The second kappa shape index (κ2) is 13.3. The van der Waals surface area contributed by atoms with Crippen LogP contribution in [0.25, 0.3) is 0 Å². The molecule has 0 saturated carbocycles. The summed E-state index contributed by atoms with van der Waals surface area (Å²) in [5.74, 6) is -0.249. The van der Waals surface area contributed by atoms with E-state index in [1.807, 2.05) is 6.08 Å². The predicted molar refractivity (Wildman–Crippen MR) is 73.0 cm³/mol. The average Bonchev–Trinajstić information content (AvgIpc) is 2.35. The van der Waals surface area contributed by atoms with Crippen LogP contribution in [-0.2, 0) is 9.53 Å². The third-order valence-corrected chi connectivity index (χ3v) is 2.93. The lowest BCUT2D eigenvalue weighted by atomic mass is 10.1. The fourth-order valence-electron chi connectivity index (χ4n) is 1.82. The van der Waals surface area contributed by atoms with Gasteiger partial charge in [0.05, 0.1) is 7.11 Å². The number of esters is 1. The Morgan fingerprint density at radius 1 is 0.941 bits per heavy atom. The fourth-order valence-corrected chi connectivity index (χ4v) is 1.82. The molecule has 0 radical (unpaired) electrons. The Balaban J connectivity index is 3.08.